The summed E-state index contributed by atoms with van der Waals surface area (Å²) in [7, 11) is 1.76. The van der Waals surface area contributed by atoms with E-state index in [0.29, 0.717) is 22.8 Å². The van der Waals surface area contributed by atoms with Crippen molar-refractivity contribution in [2.24, 2.45) is 0 Å². The lowest BCUT2D eigenvalue weighted by atomic mass is 10.1. The molecule has 0 bridgehead atoms. The van der Waals surface area contributed by atoms with Crippen LogP contribution in [0.15, 0.2) is 18.7 Å². The van der Waals surface area contributed by atoms with Gasteiger partial charge in [-0.3, -0.25) is 8.97 Å². The number of anilines is 1. The summed E-state index contributed by atoms with van der Waals surface area (Å²) in [6, 6.07) is 0. The lowest BCUT2D eigenvalue weighted by Crippen LogP contribution is -2.30. The van der Waals surface area contributed by atoms with E-state index < -0.39 is 24.5 Å². The van der Waals surface area contributed by atoms with E-state index in [1.165, 1.54) is 0 Å². The fourth-order valence-electron chi connectivity index (χ4n) is 2.85. The van der Waals surface area contributed by atoms with E-state index in [-0.39, 0.29) is 0 Å². The minimum absolute atomic E-state index is 0.462. The number of imidazole rings is 2. The molecule has 1 saturated heterocycles. The molecule has 116 valence electrons. The number of nitrogens with zero attached hydrogens (tertiary/aromatic N) is 5. The van der Waals surface area contributed by atoms with Gasteiger partial charge in [0.1, 0.15) is 12.2 Å². The van der Waals surface area contributed by atoms with Gasteiger partial charge in [-0.2, -0.15) is 4.98 Å². The summed E-state index contributed by atoms with van der Waals surface area (Å²) < 4.78 is 9.06. The quantitative estimate of drug-likeness (QED) is 0.599. The topological polar surface area (TPSA) is 110 Å². The third kappa shape index (κ3) is 1.67. The fourth-order valence-corrected chi connectivity index (χ4v) is 2.85. The predicted molar refractivity (Wildman–Crippen MR) is 77.4 cm³/mol. The van der Waals surface area contributed by atoms with E-state index in [9.17, 15) is 10.2 Å². The number of aliphatic hydroxyl groups excluding tert-OH is 2. The van der Waals surface area contributed by atoms with E-state index >= 15 is 0 Å². The maximum absolute atomic E-state index is 10.2. The van der Waals surface area contributed by atoms with Gasteiger partial charge in [0.05, 0.1) is 12.4 Å². The molecule has 3 aromatic rings. The maximum atomic E-state index is 10.2. The highest BCUT2D eigenvalue weighted by Gasteiger charge is 2.42. The summed E-state index contributed by atoms with van der Waals surface area (Å²) in [5.41, 5.74) is 1.80. The van der Waals surface area contributed by atoms with Crippen LogP contribution in [0.1, 0.15) is 13.2 Å². The van der Waals surface area contributed by atoms with Gasteiger partial charge in [-0.15, -0.1) is 0 Å². The molecule has 3 aromatic heterocycles. The second-order valence-electron chi connectivity index (χ2n) is 5.34. The Kier molecular flexibility index (Phi) is 2.83. The Morgan fingerprint density at radius 2 is 2.05 bits per heavy atom. The molecular weight excluding hydrogens is 288 g/mol. The molecule has 0 aliphatic carbocycles. The van der Waals surface area contributed by atoms with E-state index in [0.717, 1.165) is 0 Å². The maximum Gasteiger partial charge on any atom is 0.210 e. The first-order valence-corrected chi connectivity index (χ1v) is 7.00. The minimum Gasteiger partial charge on any atom is -0.388 e. The second-order valence-corrected chi connectivity index (χ2v) is 5.34. The molecule has 4 atom stereocenters. The molecule has 0 amide bonds. The number of hydrogen-bond donors (Lipinski definition) is 3. The fraction of sp³-hybridized carbons (Fsp3) is 0.462. The van der Waals surface area contributed by atoms with Gasteiger partial charge in [-0.25, -0.2) is 9.97 Å². The van der Waals surface area contributed by atoms with Gasteiger partial charge in [-0.1, -0.05) is 0 Å². The molecule has 4 rings (SSSR count). The van der Waals surface area contributed by atoms with E-state index in [2.05, 4.69) is 20.3 Å². The molecule has 9 nitrogen and oxygen atoms in total. The molecular formula is C13H16N6O3. The molecule has 4 heterocycles. The molecule has 0 spiro atoms. The molecule has 3 N–H and O–H groups in total. The summed E-state index contributed by atoms with van der Waals surface area (Å²) in [4.78, 5) is 13.2. The first-order chi connectivity index (χ1) is 10.6. The molecule has 1 fully saturated rings. The normalized spacial score (nSPS) is 28.7. The average Bonchev–Trinajstić information content (AvgIpc) is 3.20. The molecule has 1 aliphatic heterocycles. The van der Waals surface area contributed by atoms with Gasteiger partial charge in [0.15, 0.2) is 23.0 Å². The smallest absolute Gasteiger partial charge is 0.210 e. The van der Waals surface area contributed by atoms with Crippen molar-refractivity contribution in [3.63, 3.8) is 0 Å². The van der Waals surface area contributed by atoms with Crippen LogP contribution in [0.4, 0.5) is 5.95 Å². The molecule has 1 aliphatic rings. The Balaban J connectivity index is 1.93. The van der Waals surface area contributed by atoms with Crippen LogP contribution >= 0.6 is 0 Å². The zero-order valence-electron chi connectivity index (χ0n) is 12.1. The predicted octanol–water partition coefficient (Wildman–Crippen LogP) is -0.240. The van der Waals surface area contributed by atoms with Gasteiger partial charge in [0.25, 0.3) is 0 Å². The van der Waals surface area contributed by atoms with Crippen LogP contribution in [-0.2, 0) is 4.74 Å². The second kappa shape index (κ2) is 4.63. The molecule has 22 heavy (non-hydrogen) atoms. The average molecular weight is 304 g/mol. The summed E-state index contributed by atoms with van der Waals surface area (Å²) in [5.74, 6) is 0.600. The van der Waals surface area contributed by atoms with Crippen molar-refractivity contribution < 1.29 is 14.9 Å². The largest absolute Gasteiger partial charge is 0.388 e. The zero-order valence-corrected chi connectivity index (χ0v) is 12.1. The van der Waals surface area contributed by atoms with Gasteiger partial charge < -0.3 is 20.3 Å². The number of aliphatic hydroxyl groups is 2. The summed E-state index contributed by atoms with van der Waals surface area (Å²) in [5, 5.41) is 23.1. The summed E-state index contributed by atoms with van der Waals surface area (Å²) >= 11 is 0. The number of nitrogens with one attached hydrogen (secondary N) is 1. The van der Waals surface area contributed by atoms with Gasteiger partial charge >= 0.3 is 0 Å². The van der Waals surface area contributed by atoms with Gasteiger partial charge in [0, 0.05) is 19.4 Å². The van der Waals surface area contributed by atoms with Crippen molar-refractivity contribution in [2.45, 2.75) is 31.5 Å². The third-order valence-corrected chi connectivity index (χ3v) is 4.04. The molecule has 9 heteroatoms. The first kappa shape index (κ1) is 13.4. The van der Waals surface area contributed by atoms with Crippen molar-refractivity contribution in [3.05, 3.63) is 18.7 Å². The van der Waals surface area contributed by atoms with Crippen molar-refractivity contribution in [1.82, 2.24) is 23.9 Å². The Hall–Kier alpha value is -2.23. The van der Waals surface area contributed by atoms with Crippen LogP contribution in [0.5, 0.6) is 0 Å². The Labute approximate surface area is 125 Å². The number of ether oxygens (including phenoxy) is 1. The van der Waals surface area contributed by atoms with Crippen LogP contribution in [0, 0.1) is 0 Å². The van der Waals surface area contributed by atoms with E-state index in [1.807, 2.05) is 0 Å². The number of hydrogen-bond acceptors (Lipinski definition) is 7. The van der Waals surface area contributed by atoms with Gasteiger partial charge in [-0.05, 0) is 6.92 Å². The Morgan fingerprint density at radius 3 is 2.73 bits per heavy atom. The van der Waals surface area contributed by atoms with Crippen LogP contribution in [0.3, 0.4) is 0 Å². The lowest BCUT2D eigenvalue weighted by Gasteiger charge is -2.16. The van der Waals surface area contributed by atoms with Crippen molar-refractivity contribution in [1.29, 1.82) is 0 Å². The van der Waals surface area contributed by atoms with Crippen LogP contribution < -0.4 is 5.32 Å². The summed E-state index contributed by atoms with van der Waals surface area (Å²) in [6.07, 6.45) is 1.83. The van der Waals surface area contributed by atoms with Gasteiger partial charge in [0.2, 0.25) is 5.95 Å². The van der Waals surface area contributed by atoms with Crippen molar-refractivity contribution >= 4 is 22.8 Å². The number of rotatable bonds is 2. The molecule has 0 aromatic carbocycles. The highest BCUT2D eigenvalue weighted by atomic mass is 16.6. The molecule has 1 unspecified atom stereocenters. The molecule has 0 radical (unpaired) electrons. The number of aromatic nitrogens is 5. The minimum atomic E-state index is -1.04. The highest BCUT2D eigenvalue weighted by molar-refractivity contribution is 5.87. The van der Waals surface area contributed by atoms with E-state index in [4.69, 9.17) is 4.74 Å². The standard InChI is InChI=1S/C13H16N6O3/c1-6-8(20)9(21)12(22-6)19-5-16-7-10-15-3-4-18(10)13(14-2)17-11(7)19/h3-6,8-9,12,20-21H,1-2H3,(H,14,17)/t6-,8?,9+,12-/m1/s1. The van der Waals surface area contributed by atoms with Crippen LogP contribution in [0.25, 0.3) is 16.8 Å². The lowest BCUT2D eigenvalue weighted by molar-refractivity contribution is -0.0299. The monoisotopic (exact) mass is 304 g/mol. The highest BCUT2D eigenvalue weighted by Crippen LogP contribution is 2.32. The van der Waals surface area contributed by atoms with Crippen LogP contribution in [0.2, 0.25) is 0 Å². The Morgan fingerprint density at radius 1 is 1.23 bits per heavy atom. The van der Waals surface area contributed by atoms with E-state index in [1.54, 1.807) is 41.7 Å². The molecule has 0 saturated carbocycles. The van der Waals surface area contributed by atoms with Crippen molar-refractivity contribution in [3.8, 4) is 0 Å². The summed E-state index contributed by atoms with van der Waals surface area (Å²) in [6.45, 7) is 1.71. The SMILES string of the molecule is CNc1nc2c(ncn2[C@@H]2O[C@H](C)C(O)[C@@H]2O)c2nccn12. The number of fused-ring (bicyclic) bond motifs is 3. The third-order valence-electron chi connectivity index (χ3n) is 4.04. The zero-order chi connectivity index (χ0) is 15.4. The Bertz CT molecular complexity index is 843. The van der Waals surface area contributed by atoms with Crippen molar-refractivity contribution in [2.75, 3.05) is 12.4 Å². The van der Waals surface area contributed by atoms with Crippen LogP contribution in [-0.4, -0.2) is 59.5 Å². The first-order valence-electron chi connectivity index (χ1n) is 7.00.